The molecule has 0 amide bonds. The molecule has 6 heteroatoms. The third kappa shape index (κ3) is 3.75. The van der Waals surface area contributed by atoms with Gasteiger partial charge < -0.3 is 5.32 Å². The van der Waals surface area contributed by atoms with Crippen LogP contribution in [0.3, 0.4) is 0 Å². The van der Waals surface area contributed by atoms with Crippen LogP contribution in [-0.2, 0) is 20.1 Å². The van der Waals surface area contributed by atoms with Gasteiger partial charge in [0.15, 0.2) is 0 Å². The topological polar surface area (TPSA) is 58.9 Å². The summed E-state index contributed by atoms with van der Waals surface area (Å²) in [5.74, 6) is 1.69. The maximum absolute atomic E-state index is 4.45. The quantitative estimate of drug-likeness (QED) is 0.875. The molecule has 0 aliphatic carbocycles. The number of aryl methyl sites for hydroxylation is 2. The number of nitrogens with zero attached hydrogens (tertiary/aromatic N) is 5. The first kappa shape index (κ1) is 13.5. The van der Waals surface area contributed by atoms with Gasteiger partial charge in [-0.05, 0) is 14.0 Å². The average Bonchev–Trinajstić information content (AvgIpc) is 2.73. The molecule has 0 aliphatic heterocycles. The van der Waals surface area contributed by atoms with Crippen LogP contribution < -0.4 is 5.32 Å². The van der Waals surface area contributed by atoms with Gasteiger partial charge in [-0.2, -0.15) is 5.10 Å². The highest BCUT2D eigenvalue weighted by Gasteiger charge is 2.07. The lowest BCUT2D eigenvalue weighted by molar-refractivity contribution is 0.310. The second-order valence-electron chi connectivity index (χ2n) is 4.76. The average molecular weight is 260 g/mol. The fourth-order valence-electron chi connectivity index (χ4n) is 1.99. The number of hydrogen-bond donors (Lipinski definition) is 1. The summed E-state index contributed by atoms with van der Waals surface area (Å²) in [7, 11) is 5.84. The summed E-state index contributed by atoms with van der Waals surface area (Å²) in [4.78, 5) is 11.1. The van der Waals surface area contributed by atoms with E-state index in [4.69, 9.17) is 0 Å². The van der Waals surface area contributed by atoms with Crippen LogP contribution in [0.4, 0.5) is 5.82 Å². The molecule has 0 aliphatic rings. The van der Waals surface area contributed by atoms with Crippen LogP contribution in [0.25, 0.3) is 0 Å². The number of anilines is 1. The molecule has 0 spiro atoms. The monoisotopic (exact) mass is 260 g/mol. The Morgan fingerprint density at radius 3 is 2.74 bits per heavy atom. The zero-order chi connectivity index (χ0) is 13.8. The van der Waals surface area contributed by atoms with E-state index in [1.54, 1.807) is 0 Å². The van der Waals surface area contributed by atoms with Crippen LogP contribution in [0, 0.1) is 6.92 Å². The van der Waals surface area contributed by atoms with Crippen LogP contribution in [-0.4, -0.2) is 38.7 Å². The van der Waals surface area contributed by atoms with Crippen molar-refractivity contribution in [2.75, 3.05) is 19.4 Å². The van der Waals surface area contributed by atoms with Gasteiger partial charge in [0.1, 0.15) is 11.6 Å². The van der Waals surface area contributed by atoms with Crippen molar-refractivity contribution in [1.82, 2.24) is 24.6 Å². The Morgan fingerprint density at radius 2 is 2.11 bits per heavy atom. The van der Waals surface area contributed by atoms with Crippen molar-refractivity contribution in [2.24, 2.45) is 7.05 Å². The van der Waals surface area contributed by atoms with E-state index in [9.17, 15) is 0 Å². The van der Waals surface area contributed by atoms with Gasteiger partial charge in [-0.15, -0.1) is 0 Å². The van der Waals surface area contributed by atoms with E-state index in [2.05, 4.69) is 32.3 Å². The lowest BCUT2D eigenvalue weighted by atomic mass is 10.3. The summed E-state index contributed by atoms with van der Waals surface area (Å²) in [5.41, 5.74) is 2.16. The van der Waals surface area contributed by atoms with E-state index in [0.29, 0.717) is 6.54 Å². The predicted molar refractivity (Wildman–Crippen MR) is 74.7 cm³/mol. The fourth-order valence-corrected chi connectivity index (χ4v) is 1.99. The molecule has 0 unspecified atom stereocenters. The van der Waals surface area contributed by atoms with Crippen molar-refractivity contribution >= 4 is 5.82 Å². The van der Waals surface area contributed by atoms with Crippen molar-refractivity contribution in [1.29, 1.82) is 0 Å². The van der Waals surface area contributed by atoms with E-state index in [-0.39, 0.29) is 0 Å². The van der Waals surface area contributed by atoms with Gasteiger partial charge in [-0.25, -0.2) is 9.97 Å². The van der Waals surface area contributed by atoms with E-state index in [1.807, 2.05) is 44.2 Å². The van der Waals surface area contributed by atoms with Gasteiger partial charge in [0.25, 0.3) is 0 Å². The molecule has 0 saturated carbocycles. The molecule has 6 nitrogen and oxygen atoms in total. The summed E-state index contributed by atoms with van der Waals surface area (Å²) >= 11 is 0. The molecule has 1 N–H and O–H groups in total. The van der Waals surface area contributed by atoms with Crippen molar-refractivity contribution < 1.29 is 0 Å². The summed E-state index contributed by atoms with van der Waals surface area (Å²) in [5, 5.41) is 7.22. The largest absolute Gasteiger partial charge is 0.373 e. The normalized spacial score (nSPS) is 11.0. The molecular weight excluding hydrogens is 240 g/mol. The van der Waals surface area contributed by atoms with Crippen molar-refractivity contribution in [3.05, 3.63) is 35.5 Å². The van der Waals surface area contributed by atoms with Gasteiger partial charge in [0, 0.05) is 44.2 Å². The van der Waals surface area contributed by atoms with Crippen molar-refractivity contribution in [3.63, 3.8) is 0 Å². The van der Waals surface area contributed by atoms with E-state index >= 15 is 0 Å². The zero-order valence-electron chi connectivity index (χ0n) is 11.9. The Morgan fingerprint density at radius 1 is 1.32 bits per heavy atom. The van der Waals surface area contributed by atoms with Gasteiger partial charge in [-0.3, -0.25) is 9.58 Å². The molecule has 19 heavy (non-hydrogen) atoms. The SMILES string of the molecule is CNc1cc(C)nc(CN(C)Cc2cnn(C)c2)n1. The molecule has 0 saturated heterocycles. The molecule has 0 fully saturated rings. The van der Waals surface area contributed by atoms with Gasteiger partial charge in [0.05, 0.1) is 12.7 Å². The third-order valence-corrected chi connectivity index (χ3v) is 2.78. The van der Waals surface area contributed by atoms with Crippen LogP contribution in [0.2, 0.25) is 0 Å². The zero-order valence-corrected chi connectivity index (χ0v) is 11.9. The Hall–Kier alpha value is -1.95. The Bertz CT molecular complexity index is 548. The number of nitrogens with one attached hydrogen (secondary N) is 1. The van der Waals surface area contributed by atoms with E-state index in [0.717, 1.165) is 23.9 Å². The first-order chi connectivity index (χ1) is 9.06. The molecule has 0 radical (unpaired) electrons. The smallest absolute Gasteiger partial charge is 0.144 e. The molecule has 0 aromatic carbocycles. The Balaban J connectivity index is 2.02. The maximum atomic E-state index is 4.45. The minimum Gasteiger partial charge on any atom is -0.373 e. The molecule has 0 bridgehead atoms. The van der Waals surface area contributed by atoms with Gasteiger partial charge in [-0.1, -0.05) is 0 Å². The van der Waals surface area contributed by atoms with E-state index < -0.39 is 0 Å². The van der Waals surface area contributed by atoms with Crippen LogP contribution in [0.5, 0.6) is 0 Å². The summed E-state index contributed by atoms with van der Waals surface area (Å²) in [6.07, 6.45) is 3.90. The summed E-state index contributed by atoms with van der Waals surface area (Å²) < 4.78 is 1.81. The van der Waals surface area contributed by atoms with Gasteiger partial charge in [0.2, 0.25) is 0 Å². The molecule has 2 rings (SSSR count). The predicted octanol–water partition coefficient (Wildman–Crippen LogP) is 1.19. The third-order valence-electron chi connectivity index (χ3n) is 2.78. The van der Waals surface area contributed by atoms with Crippen molar-refractivity contribution in [3.8, 4) is 0 Å². The summed E-state index contributed by atoms with van der Waals surface area (Å²) in [6.45, 7) is 3.53. The molecular formula is C13H20N6. The lowest BCUT2D eigenvalue weighted by Gasteiger charge is -2.15. The highest BCUT2D eigenvalue weighted by molar-refractivity contribution is 5.34. The minimum atomic E-state index is 0.714. The standard InChI is InChI=1S/C13H20N6/c1-10-5-12(14-2)17-13(16-10)9-18(3)7-11-6-15-19(4)8-11/h5-6,8H,7,9H2,1-4H3,(H,14,16,17). The maximum Gasteiger partial charge on any atom is 0.144 e. The van der Waals surface area contributed by atoms with Crippen LogP contribution in [0.15, 0.2) is 18.5 Å². The van der Waals surface area contributed by atoms with Crippen LogP contribution >= 0.6 is 0 Å². The molecule has 2 heterocycles. The lowest BCUT2D eigenvalue weighted by Crippen LogP contribution is -2.19. The highest BCUT2D eigenvalue weighted by atomic mass is 15.2. The van der Waals surface area contributed by atoms with Crippen molar-refractivity contribution in [2.45, 2.75) is 20.0 Å². The molecule has 102 valence electrons. The number of hydrogen-bond acceptors (Lipinski definition) is 5. The fraction of sp³-hybridized carbons (Fsp3) is 0.462. The molecule has 2 aromatic heterocycles. The first-order valence-corrected chi connectivity index (χ1v) is 6.25. The number of rotatable bonds is 5. The Kier molecular flexibility index (Phi) is 4.11. The highest BCUT2D eigenvalue weighted by Crippen LogP contribution is 2.08. The Labute approximate surface area is 113 Å². The van der Waals surface area contributed by atoms with Crippen LogP contribution in [0.1, 0.15) is 17.1 Å². The molecule has 2 aromatic rings. The summed E-state index contributed by atoms with van der Waals surface area (Å²) in [6, 6.07) is 1.94. The van der Waals surface area contributed by atoms with E-state index in [1.165, 1.54) is 5.56 Å². The first-order valence-electron chi connectivity index (χ1n) is 6.25. The second-order valence-corrected chi connectivity index (χ2v) is 4.76. The second kappa shape index (κ2) is 5.79. The number of aromatic nitrogens is 4. The molecule has 0 atom stereocenters. The van der Waals surface area contributed by atoms with Gasteiger partial charge >= 0.3 is 0 Å². The minimum absolute atomic E-state index is 0.714.